The van der Waals surface area contributed by atoms with Gasteiger partial charge in [-0.1, -0.05) is 0 Å². The van der Waals surface area contributed by atoms with Crippen LogP contribution in [0.4, 0.5) is 0 Å². The maximum Gasteiger partial charge on any atom is 0.0496 e. The summed E-state index contributed by atoms with van der Waals surface area (Å²) in [6.07, 6.45) is 4.56. The van der Waals surface area contributed by atoms with Gasteiger partial charge in [0.05, 0.1) is 0 Å². The van der Waals surface area contributed by atoms with E-state index in [1.165, 1.54) is 6.42 Å². The second-order valence-corrected chi connectivity index (χ2v) is 2.12. The monoisotopic (exact) mass is 152 g/mol. The van der Waals surface area contributed by atoms with Crippen LogP contribution in [0.25, 0.3) is 0 Å². The summed E-state index contributed by atoms with van der Waals surface area (Å²) in [4.78, 5) is 0. The second-order valence-electron chi connectivity index (χ2n) is 2.12. The standard InChI is InChI=1S/C4H4N2.C3H8N2/c1-2-4-6-5-3-1;1-2-4-5-3-1/h1-4H;4-5H,1-3H2. The molecule has 0 unspecified atom stereocenters. The van der Waals surface area contributed by atoms with Crippen molar-refractivity contribution in [1.29, 1.82) is 0 Å². The minimum atomic E-state index is 1.14. The minimum Gasteiger partial charge on any atom is -0.258 e. The van der Waals surface area contributed by atoms with Crippen molar-refractivity contribution in [1.82, 2.24) is 21.0 Å². The Labute approximate surface area is 66.0 Å². The number of nitrogens with zero attached hydrogens (tertiary/aromatic N) is 2. The molecule has 0 spiro atoms. The quantitative estimate of drug-likeness (QED) is 0.547. The number of hydrogen-bond acceptors (Lipinski definition) is 4. The van der Waals surface area contributed by atoms with Gasteiger partial charge < -0.3 is 0 Å². The normalized spacial score (nSPS) is 15.3. The molecule has 0 bridgehead atoms. The lowest BCUT2D eigenvalue weighted by Gasteiger charge is -1.81. The zero-order valence-electron chi connectivity index (χ0n) is 6.33. The average molecular weight is 152 g/mol. The van der Waals surface area contributed by atoms with Crippen molar-refractivity contribution in [3.05, 3.63) is 24.5 Å². The van der Waals surface area contributed by atoms with Crippen LogP contribution in [-0.2, 0) is 0 Å². The lowest BCUT2D eigenvalue weighted by Crippen LogP contribution is -2.21. The highest BCUT2D eigenvalue weighted by Crippen LogP contribution is 1.74. The van der Waals surface area contributed by atoms with Gasteiger partial charge in [-0.2, -0.15) is 10.2 Å². The van der Waals surface area contributed by atoms with Crippen molar-refractivity contribution >= 4 is 0 Å². The summed E-state index contributed by atoms with van der Waals surface area (Å²) in [6, 6.07) is 3.65. The summed E-state index contributed by atoms with van der Waals surface area (Å²) in [5.74, 6) is 0. The highest BCUT2D eigenvalue weighted by molar-refractivity contribution is 4.79. The Morgan fingerprint density at radius 3 is 1.64 bits per heavy atom. The van der Waals surface area contributed by atoms with Gasteiger partial charge in [0.1, 0.15) is 0 Å². The Morgan fingerprint density at radius 2 is 1.45 bits per heavy atom. The lowest BCUT2D eigenvalue weighted by molar-refractivity contribution is 0.689. The van der Waals surface area contributed by atoms with Crippen molar-refractivity contribution < 1.29 is 0 Å². The van der Waals surface area contributed by atoms with Crippen LogP contribution >= 0.6 is 0 Å². The number of hydrogen-bond donors (Lipinski definition) is 2. The molecule has 1 aliphatic rings. The predicted octanol–water partition coefficient (Wildman–Crippen LogP) is -0.0391. The molecule has 0 radical (unpaired) electrons. The lowest BCUT2D eigenvalue weighted by atomic mass is 10.5. The fourth-order valence-electron chi connectivity index (χ4n) is 0.695. The molecular weight excluding hydrogens is 140 g/mol. The SMILES string of the molecule is C1CNNC1.c1ccnnc1. The molecule has 4 heteroatoms. The zero-order chi connectivity index (χ0) is 7.78. The molecular formula is C7H12N4. The van der Waals surface area contributed by atoms with Crippen LogP contribution < -0.4 is 10.9 Å². The van der Waals surface area contributed by atoms with E-state index in [0.717, 1.165) is 13.1 Å². The van der Waals surface area contributed by atoms with Gasteiger partial charge in [0.2, 0.25) is 0 Å². The van der Waals surface area contributed by atoms with Crippen molar-refractivity contribution in [2.24, 2.45) is 0 Å². The predicted molar refractivity (Wildman–Crippen MR) is 42.7 cm³/mol. The summed E-state index contributed by atoms with van der Waals surface area (Å²) in [5.41, 5.74) is 5.94. The zero-order valence-corrected chi connectivity index (χ0v) is 6.33. The Morgan fingerprint density at radius 1 is 0.909 bits per heavy atom. The van der Waals surface area contributed by atoms with E-state index in [-0.39, 0.29) is 0 Å². The number of aromatic nitrogens is 2. The summed E-state index contributed by atoms with van der Waals surface area (Å²) < 4.78 is 0. The van der Waals surface area contributed by atoms with Crippen LogP contribution in [0.1, 0.15) is 6.42 Å². The van der Waals surface area contributed by atoms with E-state index in [1.54, 1.807) is 12.4 Å². The molecule has 2 N–H and O–H groups in total. The molecule has 0 aliphatic carbocycles. The van der Waals surface area contributed by atoms with Crippen LogP contribution in [0.15, 0.2) is 24.5 Å². The highest BCUT2D eigenvalue weighted by Gasteiger charge is 1.91. The summed E-state index contributed by atoms with van der Waals surface area (Å²) in [5, 5.41) is 7.07. The van der Waals surface area contributed by atoms with E-state index in [1.807, 2.05) is 12.1 Å². The minimum absolute atomic E-state index is 1.14. The topological polar surface area (TPSA) is 49.8 Å². The maximum atomic E-state index is 3.53. The van der Waals surface area contributed by atoms with Gasteiger partial charge in [-0.3, -0.25) is 10.9 Å². The second kappa shape index (κ2) is 5.76. The Balaban J connectivity index is 0.000000112. The molecule has 2 rings (SSSR count). The molecule has 0 saturated carbocycles. The van der Waals surface area contributed by atoms with E-state index in [2.05, 4.69) is 21.0 Å². The van der Waals surface area contributed by atoms with Crippen LogP contribution in [0, 0.1) is 0 Å². The van der Waals surface area contributed by atoms with E-state index in [0.29, 0.717) is 0 Å². The first-order valence-electron chi connectivity index (χ1n) is 3.67. The molecule has 2 heterocycles. The Kier molecular flexibility index (Phi) is 4.24. The third-order valence-electron chi connectivity index (χ3n) is 1.21. The van der Waals surface area contributed by atoms with Crippen molar-refractivity contribution in [2.45, 2.75) is 6.42 Å². The van der Waals surface area contributed by atoms with Crippen LogP contribution in [0.3, 0.4) is 0 Å². The van der Waals surface area contributed by atoms with Gasteiger partial charge in [-0.25, -0.2) is 0 Å². The largest absolute Gasteiger partial charge is 0.258 e. The molecule has 1 fully saturated rings. The number of hydrazine groups is 1. The van der Waals surface area contributed by atoms with Gasteiger partial charge in [-0.05, 0) is 18.6 Å². The molecule has 1 aromatic rings. The van der Waals surface area contributed by atoms with E-state index >= 15 is 0 Å². The van der Waals surface area contributed by atoms with Crippen molar-refractivity contribution in [3.8, 4) is 0 Å². The van der Waals surface area contributed by atoms with Crippen molar-refractivity contribution in [3.63, 3.8) is 0 Å². The van der Waals surface area contributed by atoms with Gasteiger partial charge in [0.25, 0.3) is 0 Å². The summed E-state index contributed by atoms with van der Waals surface area (Å²) >= 11 is 0. The molecule has 11 heavy (non-hydrogen) atoms. The fraction of sp³-hybridized carbons (Fsp3) is 0.429. The maximum absolute atomic E-state index is 3.53. The van der Waals surface area contributed by atoms with Gasteiger partial charge in [0.15, 0.2) is 0 Å². The first-order chi connectivity index (χ1) is 5.50. The molecule has 1 saturated heterocycles. The van der Waals surface area contributed by atoms with Crippen LogP contribution in [-0.4, -0.2) is 23.3 Å². The fourth-order valence-corrected chi connectivity index (χ4v) is 0.695. The third-order valence-corrected chi connectivity index (χ3v) is 1.21. The molecule has 1 aromatic heterocycles. The first-order valence-corrected chi connectivity index (χ1v) is 3.67. The van der Waals surface area contributed by atoms with Gasteiger partial charge in [-0.15, -0.1) is 0 Å². The smallest absolute Gasteiger partial charge is 0.0496 e. The van der Waals surface area contributed by atoms with E-state index in [4.69, 9.17) is 0 Å². The Hall–Kier alpha value is -1.00. The molecule has 60 valence electrons. The Bertz CT molecular complexity index is 127. The van der Waals surface area contributed by atoms with E-state index < -0.39 is 0 Å². The third kappa shape index (κ3) is 4.41. The highest BCUT2D eigenvalue weighted by atomic mass is 15.4. The molecule has 0 aromatic carbocycles. The average Bonchev–Trinajstić information content (AvgIpc) is 2.64. The number of nitrogens with one attached hydrogen (secondary N) is 2. The summed E-state index contributed by atoms with van der Waals surface area (Å²) in [6.45, 7) is 2.28. The van der Waals surface area contributed by atoms with Crippen molar-refractivity contribution in [2.75, 3.05) is 13.1 Å². The van der Waals surface area contributed by atoms with E-state index in [9.17, 15) is 0 Å². The van der Waals surface area contributed by atoms with Gasteiger partial charge >= 0.3 is 0 Å². The molecule has 0 amide bonds. The molecule has 0 atom stereocenters. The summed E-state index contributed by atoms with van der Waals surface area (Å²) in [7, 11) is 0. The molecule has 4 nitrogen and oxygen atoms in total. The molecule has 1 aliphatic heterocycles. The van der Waals surface area contributed by atoms with Crippen LogP contribution in [0.2, 0.25) is 0 Å². The number of rotatable bonds is 0. The van der Waals surface area contributed by atoms with Gasteiger partial charge in [0, 0.05) is 25.5 Å². The van der Waals surface area contributed by atoms with Crippen LogP contribution in [0.5, 0.6) is 0 Å². The first kappa shape index (κ1) is 8.10.